The van der Waals surface area contributed by atoms with Gasteiger partial charge in [0.2, 0.25) is 0 Å². The van der Waals surface area contributed by atoms with Crippen LogP contribution < -0.4 is 5.32 Å². The highest BCUT2D eigenvalue weighted by Gasteiger charge is 2.31. The van der Waals surface area contributed by atoms with Gasteiger partial charge in [-0.1, -0.05) is 37.6 Å². The SMILES string of the molecule is CN=C(NCC(OC)c1cccc(Cl)c1)N1CCC(C)(C)C1. The number of rotatable bonds is 4. The predicted molar refractivity (Wildman–Crippen MR) is 92.5 cm³/mol. The average Bonchev–Trinajstić information content (AvgIpc) is 2.84. The number of hydrogen-bond acceptors (Lipinski definition) is 2. The van der Waals surface area contributed by atoms with Gasteiger partial charge in [-0.15, -0.1) is 0 Å². The summed E-state index contributed by atoms with van der Waals surface area (Å²) in [5.41, 5.74) is 1.42. The van der Waals surface area contributed by atoms with Crippen LogP contribution in [0.4, 0.5) is 0 Å². The Kier molecular flexibility index (Phi) is 5.70. The Hall–Kier alpha value is -1.26. The van der Waals surface area contributed by atoms with Crippen LogP contribution in [0.2, 0.25) is 5.02 Å². The van der Waals surface area contributed by atoms with Crippen LogP contribution in [0, 0.1) is 5.41 Å². The minimum atomic E-state index is -0.0499. The van der Waals surface area contributed by atoms with Crippen LogP contribution in [-0.4, -0.2) is 44.7 Å². The number of hydrogen-bond donors (Lipinski definition) is 1. The van der Waals surface area contributed by atoms with E-state index in [1.807, 2.05) is 31.3 Å². The Morgan fingerprint density at radius 3 is 2.82 bits per heavy atom. The second-order valence-corrected chi connectivity index (χ2v) is 6.98. The highest BCUT2D eigenvalue weighted by Crippen LogP contribution is 2.28. The first-order valence-corrected chi connectivity index (χ1v) is 8.07. The lowest BCUT2D eigenvalue weighted by Gasteiger charge is -2.25. The molecule has 0 aromatic heterocycles. The summed E-state index contributed by atoms with van der Waals surface area (Å²) in [6.07, 6.45) is 1.14. The van der Waals surface area contributed by atoms with Gasteiger partial charge in [0.05, 0.1) is 6.10 Å². The molecule has 1 atom stereocenters. The van der Waals surface area contributed by atoms with E-state index < -0.39 is 0 Å². The molecule has 22 heavy (non-hydrogen) atoms. The summed E-state index contributed by atoms with van der Waals surface area (Å²) in [5.74, 6) is 0.939. The molecule has 1 aromatic carbocycles. The molecule has 1 aromatic rings. The van der Waals surface area contributed by atoms with Crippen molar-refractivity contribution in [1.29, 1.82) is 0 Å². The van der Waals surface area contributed by atoms with Gasteiger partial charge in [-0.25, -0.2) is 0 Å². The molecule has 1 saturated heterocycles. The van der Waals surface area contributed by atoms with Crippen LogP contribution in [0.15, 0.2) is 29.3 Å². The van der Waals surface area contributed by atoms with E-state index in [-0.39, 0.29) is 6.10 Å². The van der Waals surface area contributed by atoms with Crippen LogP contribution in [0.25, 0.3) is 0 Å². The standard InChI is InChI=1S/C17H26ClN3O/c1-17(2)8-9-21(12-17)16(19-3)20-11-15(22-4)13-6-5-7-14(18)10-13/h5-7,10,15H,8-9,11-12H2,1-4H3,(H,19,20). The first-order chi connectivity index (χ1) is 10.4. The van der Waals surface area contributed by atoms with Crippen molar-refractivity contribution in [2.24, 2.45) is 10.4 Å². The van der Waals surface area contributed by atoms with Gasteiger partial charge < -0.3 is 15.0 Å². The lowest BCUT2D eigenvalue weighted by Crippen LogP contribution is -2.42. The number of aliphatic imine (C=N–C) groups is 1. The molecule has 0 aliphatic carbocycles. The molecule has 1 unspecified atom stereocenters. The van der Waals surface area contributed by atoms with Crippen molar-refractivity contribution in [3.05, 3.63) is 34.9 Å². The Morgan fingerprint density at radius 1 is 1.50 bits per heavy atom. The van der Waals surface area contributed by atoms with Crippen LogP contribution in [-0.2, 0) is 4.74 Å². The fourth-order valence-corrected chi connectivity index (χ4v) is 3.05. The molecule has 0 spiro atoms. The first-order valence-electron chi connectivity index (χ1n) is 7.69. The van der Waals surface area contributed by atoms with E-state index in [9.17, 15) is 0 Å². The normalized spacial score (nSPS) is 19.3. The van der Waals surface area contributed by atoms with E-state index in [0.29, 0.717) is 12.0 Å². The fraction of sp³-hybridized carbons (Fsp3) is 0.588. The number of nitrogens with one attached hydrogen (secondary N) is 1. The fourth-order valence-electron chi connectivity index (χ4n) is 2.85. The third-order valence-corrected chi connectivity index (χ3v) is 4.37. The number of ether oxygens (including phenoxy) is 1. The summed E-state index contributed by atoms with van der Waals surface area (Å²) in [6, 6.07) is 7.79. The van der Waals surface area contributed by atoms with E-state index in [1.165, 1.54) is 6.42 Å². The van der Waals surface area contributed by atoms with Crippen molar-refractivity contribution < 1.29 is 4.74 Å². The van der Waals surface area contributed by atoms with Crippen LogP contribution in [0.5, 0.6) is 0 Å². The number of nitrogens with zero attached hydrogens (tertiary/aromatic N) is 2. The Balaban J connectivity index is 1.97. The summed E-state index contributed by atoms with van der Waals surface area (Å²) < 4.78 is 5.60. The van der Waals surface area contributed by atoms with E-state index >= 15 is 0 Å². The zero-order valence-electron chi connectivity index (χ0n) is 13.9. The third-order valence-electron chi connectivity index (χ3n) is 4.14. The average molecular weight is 324 g/mol. The molecule has 1 fully saturated rings. The lowest BCUT2D eigenvalue weighted by atomic mass is 9.93. The largest absolute Gasteiger partial charge is 0.375 e. The summed E-state index contributed by atoms with van der Waals surface area (Å²) in [5, 5.41) is 4.15. The molecule has 1 aliphatic heterocycles. The van der Waals surface area contributed by atoms with Gasteiger partial charge >= 0.3 is 0 Å². The third kappa shape index (κ3) is 4.37. The molecule has 0 amide bonds. The Morgan fingerprint density at radius 2 is 2.27 bits per heavy atom. The van der Waals surface area contributed by atoms with Gasteiger partial charge in [-0.3, -0.25) is 4.99 Å². The molecule has 4 nitrogen and oxygen atoms in total. The number of benzene rings is 1. The van der Waals surface area contributed by atoms with Gasteiger partial charge in [0.1, 0.15) is 0 Å². The van der Waals surface area contributed by atoms with Crippen molar-refractivity contribution in [3.8, 4) is 0 Å². The van der Waals surface area contributed by atoms with Crippen molar-refractivity contribution in [2.45, 2.75) is 26.4 Å². The minimum absolute atomic E-state index is 0.0499. The Bertz CT molecular complexity index is 530. The maximum Gasteiger partial charge on any atom is 0.193 e. The zero-order valence-corrected chi connectivity index (χ0v) is 14.7. The molecule has 0 saturated carbocycles. The molecule has 2 rings (SSSR count). The monoisotopic (exact) mass is 323 g/mol. The summed E-state index contributed by atoms with van der Waals surface area (Å²) in [7, 11) is 3.55. The highest BCUT2D eigenvalue weighted by atomic mass is 35.5. The topological polar surface area (TPSA) is 36.9 Å². The molecule has 5 heteroatoms. The van der Waals surface area contributed by atoms with Crippen molar-refractivity contribution in [3.63, 3.8) is 0 Å². The number of halogens is 1. The number of methoxy groups -OCH3 is 1. The van der Waals surface area contributed by atoms with E-state index in [4.69, 9.17) is 16.3 Å². The minimum Gasteiger partial charge on any atom is -0.375 e. The highest BCUT2D eigenvalue weighted by molar-refractivity contribution is 6.30. The van der Waals surface area contributed by atoms with Gasteiger partial charge in [-0.05, 0) is 29.5 Å². The molecule has 0 radical (unpaired) electrons. The quantitative estimate of drug-likeness (QED) is 0.682. The van der Waals surface area contributed by atoms with Crippen molar-refractivity contribution in [1.82, 2.24) is 10.2 Å². The molecular formula is C17H26ClN3O. The maximum absolute atomic E-state index is 6.06. The Labute approximate surface area is 138 Å². The molecule has 122 valence electrons. The smallest absolute Gasteiger partial charge is 0.193 e. The zero-order chi connectivity index (χ0) is 16.2. The molecular weight excluding hydrogens is 298 g/mol. The summed E-state index contributed by atoms with van der Waals surface area (Å²) >= 11 is 6.06. The lowest BCUT2D eigenvalue weighted by molar-refractivity contribution is 0.106. The molecule has 1 aliphatic rings. The van der Waals surface area contributed by atoms with Gasteiger partial charge in [0.25, 0.3) is 0 Å². The maximum atomic E-state index is 6.06. The number of likely N-dealkylation sites (tertiary alicyclic amines) is 1. The van der Waals surface area contributed by atoms with E-state index in [0.717, 1.165) is 29.6 Å². The van der Waals surface area contributed by atoms with Crippen LogP contribution >= 0.6 is 11.6 Å². The summed E-state index contributed by atoms with van der Waals surface area (Å²) in [4.78, 5) is 6.71. The first kappa shape index (κ1) is 17.1. The second-order valence-electron chi connectivity index (χ2n) is 6.54. The van der Waals surface area contributed by atoms with Crippen molar-refractivity contribution in [2.75, 3.05) is 33.8 Å². The number of guanidine groups is 1. The van der Waals surface area contributed by atoms with Crippen LogP contribution in [0.1, 0.15) is 31.9 Å². The summed E-state index contributed by atoms with van der Waals surface area (Å²) in [6.45, 7) is 7.33. The predicted octanol–water partition coefficient (Wildman–Crippen LogP) is 3.33. The van der Waals surface area contributed by atoms with E-state index in [2.05, 4.69) is 29.1 Å². The van der Waals surface area contributed by atoms with Crippen LogP contribution in [0.3, 0.4) is 0 Å². The molecule has 0 bridgehead atoms. The molecule has 1 heterocycles. The van der Waals surface area contributed by atoms with Gasteiger partial charge in [-0.2, -0.15) is 0 Å². The van der Waals surface area contributed by atoms with Gasteiger partial charge in [0.15, 0.2) is 5.96 Å². The molecule has 1 N–H and O–H groups in total. The van der Waals surface area contributed by atoms with Gasteiger partial charge in [0, 0.05) is 38.8 Å². The van der Waals surface area contributed by atoms with E-state index in [1.54, 1.807) is 7.11 Å². The second kappa shape index (κ2) is 7.34. The van der Waals surface area contributed by atoms with Crippen molar-refractivity contribution >= 4 is 17.6 Å².